The summed E-state index contributed by atoms with van der Waals surface area (Å²) in [4.78, 5) is 29.8. The van der Waals surface area contributed by atoms with Gasteiger partial charge in [0.05, 0.1) is 33.8 Å². The first-order chi connectivity index (χ1) is 23.9. The van der Waals surface area contributed by atoms with Gasteiger partial charge in [-0.2, -0.15) is 31.6 Å². The van der Waals surface area contributed by atoms with Crippen LogP contribution in [-0.2, 0) is 37.3 Å². The Hall–Kier alpha value is -4.56. The molecule has 3 aromatic carbocycles. The molecular formula is C34H30F8N4O4S. The normalized spacial score (nSPS) is 19.2. The van der Waals surface area contributed by atoms with Gasteiger partial charge in [-0.15, -0.1) is 0 Å². The Labute approximate surface area is 289 Å². The molecule has 0 aromatic heterocycles. The molecular weight excluding hydrogens is 712 g/mol. The summed E-state index contributed by atoms with van der Waals surface area (Å²) in [5.41, 5.74) is -7.16. The highest BCUT2D eigenvalue weighted by Crippen LogP contribution is 2.54. The van der Waals surface area contributed by atoms with Crippen LogP contribution in [0.2, 0.25) is 0 Å². The highest BCUT2D eigenvalue weighted by Gasteiger charge is 2.73. The summed E-state index contributed by atoms with van der Waals surface area (Å²) in [6.07, 6.45) is -12.2. The van der Waals surface area contributed by atoms with Gasteiger partial charge in [0, 0.05) is 56.7 Å². The van der Waals surface area contributed by atoms with E-state index in [0.29, 0.717) is 18.2 Å². The van der Waals surface area contributed by atoms with Crippen LogP contribution >= 0.6 is 0 Å². The number of likely N-dealkylation sites (tertiary alicyclic amines) is 1. The molecule has 2 fully saturated rings. The lowest BCUT2D eigenvalue weighted by Crippen LogP contribution is -2.56. The van der Waals surface area contributed by atoms with E-state index in [1.165, 1.54) is 34.9 Å². The predicted molar refractivity (Wildman–Crippen MR) is 166 cm³/mol. The van der Waals surface area contributed by atoms with Crippen molar-refractivity contribution < 1.29 is 53.7 Å². The number of carbonyl (C=O) groups excluding carboxylic acids is 2. The average molecular weight is 743 g/mol. The standard InChI is InChI=1S/C34H30F8N4O4S/c1-22(47)44-14-16-45(17-15-44)30(48)46-13-12-31(21-46,51(49)29-10-8-27(35)9-11-29)25-3-5-26(6-4-25)32(33(37,38)39,34(40,41)42)50-20-23-2-7-28(36)18-24(23)19-43/h2-11,18H,12-17,20-21H2,1H3/t31-,51?/m0/s1. The molecule has 2 heterocycles. The first-order valence-corrected chi connectivity index (χ1v) is 16.6. The predicted octanol–water partition coefficient (Wildman–Crippen LogP) is 6.37. The van der Waals surface area contributed by atoms with E-state index in [4.69, 9.17) is 0 Å². The van der Waals surface area contributed by atoms with Crippen LogP contribution in [0.3, 0.4) is 0 Å². The van der Waals surface area contributed by atoms with Crippen molar-refractivity contribution in [2.45, 2.75) is 47.5 Å². The summed E-state index contributed by atoms with van der Waals surface area (Å²) >= 11 is 0. The van der Waals surface area contributed by atoms with Crippen molar-refractivity contribution in [3.05, 3.63) is 101 Å². The minimum absolute atomic E-state index is 0.0167. The number of piperazine rings is 1. The van der Waals surface area contributed by atoms with E-state index in [0.717, 1.165) is 36.4 Å². The number of hydrogen-bond donors (Lipinski definition) is 0. The third-order valence-corrected chi connectivity index (χ3v) is 11.1. The zero-order chi connectivity index (χ0) is 37.4. The van der Waals surface area contributed by atoms with Crippen LogP contribution in [-0.4, -0.2) is 82.5 Å². The van der Waals surface area contributed by atoms with Gasteiger partial charge in [0.15, 0.2) is 0 Å². The van der Waals surface area contributed by atoms with Crippen LogP contribution < -0.4 is 0 Å². The van der Waals surface area contributed by atoms with Crippen molar-refractivity contribution in [1.82, 2.24) is 14.7 Å². The molecule has 0 aliphatic carbocycles. The first kappa shape index (κ1) is 37.7. The number of urea groups is 1. The van der Waals surface area contributed by atoms with Crippen molar-refractivity contribution in [2.24, 2.45) is 0 Å². The van der Waals surface area contributed by atoms with Crippen molar-refractivity contribution in [2.75, 3.05) is 39.3 Å². The van der Waals surface area contributed by atoms with Gasteiger partial charge in [0.1, 0.15) is 11.6 Å². The minimum atomic E-state index is -6.09. The van der Waals surface area contributed by atoms with Gasteiger partial charge in [0.2, 0.25) is 5.91 Å². The number of amides is 3. The van der Waals surface area contributed by atoms with E-state index in [-0.39, 0.29) is 62.1 Å². The summed E-state index contributed by atoms with van der Waals surface area (Å²) in [6.45, 7) is 0.804. The molecule has 2 saturated heterocycles. The summed E-state index contributed by atoms with van der Waals surface area (Å²) in [7, 11) is -2.10. The molecule has 0 radical (unpaired) electrons. The van der Waals surface area contributed by atoms with Gasteiger partial charge >= 0.3 is 18.4 Å². The summed E-state index contributed by atoms with van der Waals surface area (Å²) in [5, 5.41) is 9.26. The van der Waals surface area contributed by atoms with E-state index in [9.17, 15) is 54.2 Å². The number of nitriles is 1. The van der Waals surface area contributed by atoms with Gasteiger partial charge in [-0.05, 0) is 53.9 Å². The Morgan fingerprint density at radius 3 is 1.94 bits per heavy atom. The minimum Gasteiger partial charge on any atom is -0.349 e. The third-order valence-electron chi connectivity index (χ3n) is 9.13. The quantitative estimate of drug-likeness (QED) is 0.263. The summed E-state index contributed by atoms with van der Waals surface area (Å²) in [6, 6.07) is 10.9. The molecule has 2 aliphatic heterocycles. The largest absolute Gasteiger partial charge is 0.430 e. The monoisotopic (exact) mass is 742 g/mol. The van der Waals surface area contributed by atoms with Gasteiger partial charge in [-0.3, -0.25) is 9.00 Å². The maximum Gasteiger partial charge on any atom is 0.430 e. The maximum atomic E-state index is 14.6. The van der Waals surface area contributed by atoms with E-state index < -0.39 is 74.5 Å². The molecule has 0 saturated carbocycles. The number of carbonyl (C=O) groups is 2. The van der Waals surface area contributed by atoms with E-state index in [1.807, 2.05) is 0 Å². The molecule has 3 aromatic rings. The van der Waals surface area contributed by atoms with E-state index in [2.05, 4.69) is 4.74 Å². The lowest BCUT2D eigenvalue weighted by atomic mass is 9.88. The third kappa shape index (κ3) is 7.16. The van der Waals surface area contributed by atoms with Gasteiger partial charge in [0.25, 0.3) is 5.60 Å². The topological polar surface area (TPSA) is 93.9 Å². The smallest absolute Gasteiger partial charge is 0.349 e. The first-order valence-electron chi connectivity index (χ1n) is 15.5. The molecule has 3 amide bonds. The molecule has 0 bridgehead atoms. The Bertz CT molecular complexity index is 1830. The number of halogens is 8. The van der Waals surface area contributed by atoms with E-state index >= 15 is 0 Å². The second-order valence-electron chi connectivity index (χ2n) is 12.1. The van der Waals surface area contributed by atoms with Crippen molar-refractivity contribution in [3.63, 3.8) is 0 Å². The number of nitrogens with zero attached hydrogens (tertiary/aromatic N) is 4. The molecule has 0 N–H and O–H groups in total. The molecule has 51 heavy (non-hydrogen) atoms. The summed E-state index contributed by atoms with van der Waals surface area (Å²) in [5.74, 6) is -1.73. The highest BCUT2D eigenvalue weighted by molar-refractivity contribution is 7.86. The Morgan fingerprint density at radius 2 is 1.39 bits per heavy atom. The van der Waals surface area contributed by atoms with E-state index in [1.54, 1.807) is 4.90 Å². The van der Waals surface area contributed by atoms with Crippen LogP contribution in [0, 0.1) is 23.0 Å². The average Bonchev–Trinajstić information content (AvgIpc) is 3.54. The summed E-state index contributed by atoms with van der Waals surface area (Å²) < 4.78 is 133. The number of ether oxygens (including phenoxy) is 1. The van der Waals surface area contributed by atoms with Gasteiger partial charge in [-0.25, -0.2) is 13.6 Å². The SMILES string of the molecule is CC(=O)N1CCN(C(=O)N2CC[C@](c3ccc(C(OCc4ccc(F)cc4C#N)(C(F)(F)F)C(F)(F)F)cc3)(S(=O)c3ccc(F)cc3)C2)CC1. The fraction of sp³-hybridized carbons (Fsp3) is 0.382. The molecule has 8 nitrogen and oxygen atoms in total. The van der Waals surface area contributed by atoms with Crippen molar-refractivity contribution in [3.8, 4) is 6.07 Å². The Balaban J connectivity index is 1.52. The molecule has 0 spiro atoms. The number of rotatable bonds is 7. The molecule has 17 heteroatoms. The zero-order valence-corrected chi connectivity index (χ0v) is 27.7. The van der Waals surface area contributed by atoms with Crippen LogP contribution in [0.25, 0.3) is 0 Å². The second-order valence-corrected chi connectivity index (χ2v) is 13.9. The number of benzene rings is 3. The molecule has 1 unspecified atom stereocenters. The fourth-order valence-corrected chi connectivity index (χ4v) is 8.08. The van der Waals surface area contributed by atoms with Gasteiger partial charge in [-0.1, -0.05) is 30.3 Å². The lowest BCUT2D eigenvalue weighted by Gasteiger charge is -2.38. The molecule has 2 aliphatic rings. The Morgan fingerprint density at radius 1 is 0.824 bits per heavy atom. The molecule has 5 rings (SSSR count). The zero-order valence-electron chi connectivity index (χ0n) is 26.9. The fourth-order valence-electron chi connectivity index (χ4n) is 6.34. The van der Waals surface area contributed by atoms with Crippen LogP contribution in [0.4, 0.5) is 39.9 Å². The van der Waals surface area contributed by atoms with Crippen molar-refractivity contribution in [1.29, 1.82) is 5.26 Å². The number of hydrogen-bond acceptors (Lipinski definition) is 5. The van der Waals surface area contributed by atoms with Crippen LogP contribution in [0.15, 0.2) is 71.6 Å². The molecule has 2 atom stereocenters. The second kappa shape index (κ2) is 14.2. The molecule has 272 valence electrons. The van der Waals surface area contributed by atoms with Crippen LogP contribution in [0.1, 0.15) is 35.6 Å². The highest BCUT2D eigenvalue weighted by atomic mass is 32.2. The van der Waals surface area contributed by atoms with Crippen LogP contribution in [0.5, 0.6) is 0 Å². The number of alkyl halides is 6. The van der Waals surface area contributed by atoms with Gasteiger partial charge < -0.3 is 19.4 Å². The lowest BCUT2D eigenvalue weighted by molar-refractivity contribution is -0.392. The van der Waals surface area contributed by atoms with Crippen molar-refractivity contribution >= 4 is 22.7 Å². The maximum absolute atomic E-state index is 14.6. The Kier molecular flexibility index (Phi) is 10.5.